The van der Waals surface area contributed by atoms with Gasteiger partial charge in [-0.1, -0.05) is 0 Å². The molecule has 0 saturated heterocycles. The third-order valence-corrected chi connectivity index (χ3v) is 2.82. The molecule has 1 unspecified atom stereocenters. The number of nitrogens with one attached hydrogen (secondary N) is 2. The number of benzene rings is 1. The second-order valence-corrected chi connectivity index (χ2v) is 4.10. The van der Waals surface area contributed by atoms with Gasteiger partial charge in [-0.25, -0.2) is 4.39 Å². The minimum absolute atomic E-state index is 0.127. The van der Waals surface area contributed by atoms with Gasteiger partial charge in [0.15, 0.2) is 0 Å². The summed E-state index contributed by atoms with van der Waals surface area (Å²) in [4.78, 5) is 11.7. The lowest BCUT2D eigenvalue weighted by Gasteiger charge is -2.10. The highest BCUT2D eigenvalue weighted by Gasteiger charge is 2.29. The molecule has 0 fully saturated rings. The molecule has 1 aromatic rings. The first-order chi connectivity index (χ1) is 8.22. The van der Waals surface area contributed by atoms with Crippen LogP contribution in [0.1, 0.15) is 24.4 Å². The fraction of sp³-hybridized carbons (Fsp3) is 0.417. The Morgan fingerprint density at radius 1 is 1.41 bits per heavy atom. The summed E-state index contributed by atoms with van der Waals surface area (Å²) < 4.78 is 13.1. The normalized spacial score (nSPS) is 18.0. The van der Waals surface area contributed by atoms with Crippen LogP contribution in [0, 0.1) is 5.82 Å². The molecule has 1 heterocycles. The molecule has 1 aliphatic rings. The number of hydrogen-bond acceptors (Lipinski definition) is 3. The zero-order valence-corrected chi connectivity index (χ0v) is 9.50. The molecule has 92 valence electrons. The fourth-order valence-corrected chi connectivity index (χ4v) is 1.95. The van der Waals surface area contributed by atoms with Gasteiger partial charge in [0, 0.05) is 11.3 Å². The van der Waals surface area contributed by atoms with Crippen LogP contribution in [0.25, 0.3) is 0 Å². The van der Waals surface area contributed by atoms with Crippen LogP contribution in [0.5, 0.6) is 0 Å². The Labute approximate surface area is 99.4 Å². The predicted molar refractivity (Wildman–Crippen MR) is 64.1 cm³/mol. The van der Waals surface area contributed by atoms with E-state index in [-0.39, 0.29) is 11.7 Å². The van der Waals surface area contributed by atoms with Crippen molar-refractivity contribution in [3.63, 3.8) is 0 Å². The second-order valence-electron chi connectivity index (χ2n) is 4.10. The van der Waals surface area contributed by atoms with E-state index in [1.54, 1.807) is 6.07 Å². The summed E-state index contributed by atoms with van der Waals surface area (Å²) in [7, 11) is 0. The molecule has 1 aliphatic heterocycles. The van der Waals surface area contributed by atoms with Gasteiger partial charge in [-0.2, -0.15) is 0 Å². The zero-order chi connectivity index (χ0) is 12.3. The topological polar surface area (TPSA) is 67.1 Å². The molecule has 0 bridgehead atoms. The summed E-state index contributed by atoms with van der Waals surface area (Å²) in [5.41, 5.74) is 6.76. The number of fused-ring (bicyclic) bond motifs is 1. The number of hydrogen-bond donors (Lipinski definition) is 3. The molecule has 0 aromatic heterocycles. The van der Waals surface area contributed by atoms with Crippen molar-refractivity contribution in [3.8, 4) is 0 Å². The molecule has 4 N–H and O–H groups in total. The molecule has 1 amide bonds. The second kappa shape index (κ2) is 5.25. The van der Waals surface area contributed by atoms with Crippen LogP contribution in [0.4, 0.5) is 10.1 Å². The Balaban J connectivity index is 2.03. The first-order valence-corrected chi connectivity index (χ1v) is 5.76. The maximum atomic E-state index is 13.1. The van der Waals surface area contributed by atoms with Crippen LogP contribution in [-0.2, 0) is 4.79 Å². The van der Waals surface area contributed by atoms with E-state index in [4.69, 9.17) is 5.73 Å². The van der Waals surface area contributed by atoms with Gasteiger partial charge in [-0.05, 0) is 44.1 Å². The van der Waals surface area contributed by atoms with Gasteiger partial charge in [0.2, 0.25) is 5.91 Å². The van der Waals surface area contributed by atoms with Crippen LogP contribution in [-0.4, -0.2) is 19.0 Å². The van der Waals surface area contributed by atoms with E-state index in [9.17, 15) is 9.18 Å². The molecule has 1 aromatic carbocycles. The smallest absolute Gasteiger partial charge is 0.246 e. The van der Waals surface area contributed by atoms with Gasteiger partial charge in [0.05, 0.1) is 0 Å². The summed E-state index contributed by atoms with van der Waals surface area (Å²) >= 11 is 0. The Morgan fingerprint density at radius 3 is 3.00 bits per heavy atom. The molecule has 0 saturated carbocycles. The lowest BCUT2D eigenvalue weighted by atomic mass is 10.1. The van der Waals surface area contributed by atoms with Gasteiger partial charge in [-0.15, -0.1) is 0 Å². The molecular weight excluding hydrogens is 221 g/mol. The van der Waals surface area contributed by atoms with Gasteiger partial charge >= 0.3 is 0 Å². The van der Waals surface area contributed by atoms with Crippen molar-refractivity contribution < 1.29 is 9.18 Å². The number of carbonyl (C=O) groups is 1. The van der Waals surface area contributed by atoms with Crippen molar-refractivity contribution in [2.24, 2.45) is 5.73 Å². The number of rotatable bonds is 5. The third-order valence-electron chi connectivity index (χ3n) is 2.82. The molecule has 17 heavy (non-hydrogen) atoms. The van der Waals surface area contributed by atoms with Crippen LogP contribution in [0.2, 0.25) is 0 Å². The number of halogens is 1. The molecule has 5 heteroatoms. The lowest BCUT2D eigenvalue weighted by molar-refractivity contribution is -0.117. The summed E-state index contributed by atoms with van der Waals surface area (Å²) in [5, 5.41) is 5.84. The van der Waals surface area contributed by atoms with E-state index in [0.29, 0.717) is 24.3 Å². The van der Waals surface area contributed by atoms with Crippen LogP contribution in [0.3, 0.4) is 0 Å². The lowest BCUT2D eigenvalue weighted by Crippen LogP contribution is -2.28. The number of nitrogens with two attached hydrogens (primary N) is 1. The number of carbonyl (C=O) groups excluding carboxylic acids is 1. The number of amides is 1. The van der Waals surface area contributed by atoms with E-state index >= 15 is 0 Å². The summed E-state index contributed by atoms with van der Waals surface area (Å²) in [6.07, 6.45) is 1.82. The molecule has 0 radical (unpaired) electrons. The van der Waals surface area contributed by atoms with E-state index < -0.39 is 6.04 Å². The minimum Gasteiger partial charge on any atom is -0.330 e. The maximum Gasteiger partial charge on any atom is 0.246 e. The summed E-state index contributed by atoms with van der Waals surface area (Å²) in [6.45, 7) is 1.34. The van der Waals surface area contributed by atoms with E-state index in [1.165, 1.54) is 12.1 Å². The van der Waals surface area contributed by atoms with E-state index in [2.05, 4.69) is 10.6 Å². The number of unbranched alkanes of at least 4 members (excludes halogenated alkanes) is 1. The van der Waals surface area contributed by atoms with Crippen molar-refractivity contribution in [1.29, 1.82) is 0 Å². The minimum atomic E-state index is -0.446. The average Bonchev–Trinajstić information content (AvgIpc) is 2.61. The van der Waals surface area contributed by atoms with E-state index in [1.807, 2.05) is 0 Å². The summed E-state index contributed by atoms with van der Waals surface area (Å²) in [5.74, 6) is -0.452. The van der Waals surface area contributed by atoms with Crippen molar-refractivity contribution in [3.05, 3.63) is 29.6 Å². The molecule has 4 nitrogen and oxygen atoms in total. The van der Waals surface area contributed by atoms with Gasteiger partial charge in [0.1, 0.15) is 11.9 Å². The van der Waals surface area contributed by atoms with Gasteiger partial charge < -0.3 is 16.4 Å². The summed E-state index contributed by atoms with van der Waals surface area (Å²) in [6, 6.07) is 3.88. The first kappa shape index (κ1) is 12.0. The largest absolute Gasteiger partial charge is 0.330 e. The van der Waals surface area contributed by atoms with Crippen molar-refractivity contribution in [2.75, 3.05) is 18.4 Å². The Morgan fingerprint density at radius 2 is 2.24 bits per heavy atom. The predicted octanol–water partition coefficient (Wildman–Crippen LogP) is 1.15. The monoisotopic (exact) mass is 237 g/mol. The zero-order valence-electron chi connectivity index (χ0n) is 9.50. The fourth-order valence-electron chi connectivity index (χ4n) is 1.95. The standard InChI is InChI=1S/C12H16FN3O/c13-8-3-4-10-9(7-8)11(12(17)16-10)15-6-2-1-5-14/h3-4,7,11,15H,1-2,5-6,14H2,(H,16,17). The van der Waals surface area contributed by atoms with Gasteiger partial charge in [0.25, 0.3) is 0 Å². The third kappa shape index (κ3) is 2.62. The molecular formula is C12H16FN3O. The van der Waals surface area contributed by atoms with Crippen LogP contribution in [0.15, 0.2) is 18.2 Å². The molecule has 2 rings (SSSR count). The highest BCUT2D eigenvalue weighted by atomic mass is 19.1. The molecule has 0 aliphatic carbocycles. The Hall–Kier alpha value is -1.46. The van der Waals surface area contributed by atoms with E-state index in [0.717, 1.165) is 12.8 Å². The number of anilines is 1. The Bertz CT molecular complexity index is 422. The van der Waals surface area contributed by atoms with Crippen LogP contribution >= 0.6 is 0 Å². The SMILES string of the molecule is NCCCCNC1C(=O)Nc2ccc(F)cc21. The Kier molecular flexibility index (Phi) is 3.71. The highest BCUT2D eigenvalue weighted by Crippen LogP contribution is 2.30. The van der Waals surface area contributed by atoms with Gasteiger partial charge in [-0.3, -0.25) is 4.79 Å². The van der Waals surface area contributed by atoms with Crippen molar-refractivity contribution >= 4 is 11.6 Å². The first-order valence-electron chi connectivity index (χ1n) is 5.76. The average molecular weight is 237 g/mol. The van der Waals surface area contributed by atoms with Crippen LogP contribution < -0.4 is 16.4 Å². The van der Waals surface area contributed by atoms with Crippen molar-refractivity contribution in [1.82, 2.24) is 5.32 Å². The maximum absolute atomic E-state index is 13.1. The molecule has 1 atom stereocenters. The molecule has 0 spiro atoms. The quantitative estimate of drug-likeness (QED) is 0.673. The highest BCUT2D eigenvalue weighted by molar-refractivity contribution is 6.02. The van der Waals surface area contributed by atoms with Crippen molar-refractivity contribution in [2.45, 2.75) is 18.9 Å².